The summed E-state index contributed by atoms with van der Waals surface area (Å²) in [7, 11) is 6.25. The predicted molar refractivity (Wildman–Crippen MR) is 128 cm³/mol. The summed E-state index contributed by atoms with van der Waals surface area (Å²) in [4.78, 5) is 28.7. The molecule has 0 radical (unpaired) electrons. The van der Waals surface area contributed by atoms with Crippen molar-refractivity contribution >= 4 is 11.8 Å². The van der Waals surface area contributed by atoms with E-state index in [9.17, 15) is 14.0 Å². The van der Waals surface area contributed by atoms with E-state index in [0.717, 1.165) is 11.1 Å². The SMILES string of the molecule is COc1ccc([C@@H]2[C@@H](C(=O)NCc3ccc(F)cc3)c3cc(OC)c(OC)cc3C(=O)N2C)cc1. The van der Waals surface area contributed by atoms with Gasteiger partial charge in [-0.2, -0.15) is 0 Å². The van der Waals surface area contributed by atoms with Gasteiger partial charge in [0.05, 0.1) is 33.3 Å². The Morgan fingerprint density at radius 1 is 0.943 bits per heavy atom. The lowest BCUT2D eigenvalue weighted by atomic mass is 9.79. The van der Waals surface area contributed by atoms with Crippen molar-refractivity contribution in [2.75, 3.05) is 28.4 Å². The zero-order valence-electron chi connectivity index (χ0n) is 20.0. The molecule has 0 bridgehead atoms. The molecule has 182 valence electrons. The molecule has 8 heteroatoms. The number of halogens is 1. The van der Waals surface area contributed by atoms with Crippen molar-refractivity contribution in [3.63, 3.8) is 0 Å². The summed E-state index contributed by atoms with van der Waals surface area (Å²) in [6.07, 6.45) is 0. The van der Waals surface area contributed by atoms with Gasteiger partial charge in [-0.15, -0.1) is 0 Å². The van der Waals surface area contributed by atoms with Crippen LogP contribution in [0.15, 0.2) is 60.7 Å². The van der Waals surface area contributed by atoms with Crippen LogP contribution >= 0.6 is 0 Å². The summed E-state index contributed by atoms with van der Waals surface area (Å²) in [5.74, 6) is -0.0897. The maximum absolute atomic E-state index is 13.7. The first-order valence-corrected chi connectivity index (χ1v) is 11.1. The quantitative estimate of drug-likeness (QED) is 0.554. The van der Waals surface area contributed by atoms with Gasteiger partial charge in [-0.05, 0) is 53.1 Å². The summed E-state index contributed by atoms with van der Waals surface area (Å²) < 4.78 is 29.4. The van der Waals surface area contributed by atoms with Crippen molar-refractivity contribution in [2.45, 2.75) is 18.5 Å². The molecule has 1 heterocycles. The number of likely N-dealkylation sites (N-methyl/N-ethyl adjacent to an activating group) is 1. The second-order valence-electron chi connectivity index (χ2n) is 8.25. The Balaban J connectivity index is 1.79. The number of carbonyl (C=O) groups is 2. The Hall–Kier alpha value is -4.07. The van der Waals surface area contributed by atoms with E-state index in [4.69, 9.17) is 14.2 Å². The monoisotopic (exact) mass is 478 g/mol. The third kappa shape index (κ3) is 4.64. The van der Waals surface area contributed by atoms with Crippen LogP contribution in [0.1, 0.15) is 39.0 Å². The second kappa shape index (κ2) is 10.0. The van der Waals surface area contributed by atoms with Gasteiger partial charge in [-0.1, -0.05) is 24.3 Å². The van der Waals surface area contributed by atoms with Gasteiger partial charge in [0.25, 0.3) is 5.91 Å². The first-order chi connectivity index (χ1) is 16.9. The number of amides is 2. The van der Waals surface area contributed by atoms with Crippen LogP contribution in [0.25, 0.3) is 0 Å². The number of carbonyl (C=O) groups excluding carboxylic acids is 2. The van der Waals surface area contributed by atoms with E-state index >= 15 is 0 Å². The molecular formula is C27H27FN2O5. The van der Waals surface area contributed by atoms with Crippen LogP contribution in [-0.4, -0.2) is 45.1 Å². The van der Waals surface area contributed by atoms with E-state index in [0.29, 0.717) is 28.4 Å². The molecule has 0 saturated carbocycles. The largest absolute Gasteiger partial charge is 0.497 e. The number of rotatable bonds is 7. The van der Waals surface area contributed by atoms with Crippen molar-refractivity contribution in [3.05, 3.63) is 88.7 Å². The molecule has 0 spiro atoms. The van der Waals surface area contributed by atoms with Crippen LogP contribution < -0.4 is 19.5 Å². The molecule has 3 aromatic carbocycles. The van der Waals surface area contributed by atoms with Crippen molar-refractivity contribution in [1.29, 1.82) is 0 Å². The Morgan fingerprint density at radius 2 is 1.57 bits per heavy atom. The maximum atomic E-state index is 13.7. The number of hydrogen-bond donors (Lipinski definition) is 1. The molecule has 0 fully saturated rings. The highest BCUT2D eigenvalue weighted by Crippen LogP contribution is 2.45. The van der Waals surface area contributed by atoms with E-state index in [-0.39, 0.29) is 24.2 Å². The van der Waals surface area contributed by atoms with Crippen LogP contribution in [0.4, 0.5) is 4.39 Å². The van der Waals surface area contributed by atoms with E-state index in [1.807, 2.05) is 12.1 Å². The van der Waals surface area contributed by atoms with Crippen LogP contribution in [0.5, 0.6) is 17.2 Å². The fraction of sp³-hybridized carbons (Fsp3) is 0.259. The maximum Gasteiger partial charge on any atom is 0.254 e. The van der Waals surface area contributed by atoms with Crippen LogP contribution in [0.3, 0.4) is 0 Å². The molecule has 0 saturated heterocycles. The standard InChI is InChI=1S/C27H27FN2O5/c1-30-25(17-7-11-19(33-2)12-8-17)24(26(31)29-15-16-5-9-18(28)10-6-16)20-13-22(34-3)23(35-4)14-21(20)27(30)32/h5-14,24-25H,15H2,1-4H3,(H,29,31)/t24-,25+/m0/s1. The molecule has 1 aliphatic heterocycles. The van der Waals surface area contributed by atoms with E-state index in [1.54, 1.807) is 55.5 Å². The number of nitrogens with one attached hydrogen (secondary N) is 1. The van der Waals surface area contributed by atoms with Crippen LogP contribution in [-0.2, 0) is 11.3 Å². The van der Waals surface area contributed by atoms with E-state index in [1.165, 1.54) is 26.4 Å². The fourth-order valence-electron chi connectivity index (χ4n) is 4.45. The van der Waals surface area contributed by atoms with E-state index in [2.05, 4.69) is 5.32 Å². The molecule has 35 heavy (non-hydrogen) atoms. The molecule has 0 aromatic heterocycles. The van der Waals surface area contributed by atoms with Crippen LogP contribution in [0.2, 0.25) is 0 Å². The Kier molecular flexibility index (Phi) is 6.91. The molecule has 1 N–H and O–H groups in total. The lowest BCUT2D eigenvalue weighted by Crippen LogP contribution is -2.45. The van der Waals surface area contributed by atoms with Crippen molar-refractivity contribution in [3.8, 4) is 17.2 Å². The third-order valence-corrected chi connectivity index (χ3v) is 6.29. The second-order valence-corrected chi connectivity index (χ2v) is 8.25. The van der Waals surface area contributed by atoms with Gasteiger partial charge in [-0.25, -0.2) is 4.39 Å². The molecule has 2 atom stereocenters. The summed E-state index contributed by atoms with van der Waals surface area (Å²) in [6.45, 7) is 0.214. The van der Waals surface area contributed by atoms with Gasteiger partial charge in [-0.3, -0.25) is 9.59 Å². The van der Waals surface area contributed by atoms with E-state index < -0.39 is 12.0 Å². The fourth-order valence-corrected chi connectivity index (χ4v) is 4.45. The van der Waals surface area contributed by atoms with Gasteiger partial charge in [0.1, 0.15) is 11.6 Å². The minimum absolute atomic E-state index is 0.214. The van der Waals surface area contributed by atoms with Gasteiger partial charge in [0, 0.05) is 19.2 Å². The number of ether oxygens (including phenoxy) is 3. The highest BCUT2D eigenvalue weighted by atomic mass is 19.1. The molecule has 3 aromatic rings. The van der Waals surface area contributed by atoms with Gasteiger partial charge >= 0.3 is 0 Å². The number of nitrogens with zero attached hydrogens (tertiary/aromatic N) is 1. The lowest BCUT2D eigenvalue weighted by Gasteiger charge is -2.40. The van der Waals surface area contributed by atoms with Crippen molar-refractivity contribution in [2.24, 2.45) is 0 Å². The van der Waals surface area contributed by atoms with Crippen molar-refractivity contribution < 1.29 is 28.2 Å². The van der Waals surface area contributed by atoms with Crippen molar-refractivity contribution in [1.82, 2.24) is 10.2 Å². The zero-order chi connectivity index (χ0) is 25.1. The smallest absolute Gasteiger partial charge is 0.254 e. The summed E-state index contributed by atoms with van der Waals surface area (Å²) in [5.41, 5.74) is 2.46. The number of benzene rings is 3. The molecule has 4 rings (SSSR count). The van der Waals surface area contributed by atoms with Gasteiger partial charge in [0.2, 0.25) is 5.91 Å². The average molecular weight is 479 g/mol. The number of fused-ring (bicyclic) bond motifs is 1. The zero-order valence-corrected chi connectivity index (χ0v) is 20.0. The molecule has 0 unspecified atom stereocenters. The minimum atomic E-state index is -0.735. The number of hydrogen-bond acceptors (Lipinski definition) is 5. The summed E-state index contributed by atoms with van der Waals surface area (Å²) in [6, 6.07) is 15.9. The molecule has 7 nitrogen and oxygen atoms in total. The first-order valence-electron chi connectivity index (χ1n) is 11.1. The average Bonchev–Trinajstić information content (AvgIpc) is 2.89. The summed E-state index contributed by atoms with van der Waals surface area (Å²) >= 11 is 0. The highest BCUT2D eigenvalue weighted by Gasteiger charge is 2.43. The molecular weight excluding hydrogens is 451 g/mol. The minimum Gasteiger partial charge on any atom is -0.497 e. The van der Waals surface area contributed by atoms with Crippen LogP contribution in [0, 0.1) is 5.82 Å². The predicted octanol–water partition coefficient (Wildman–Crippen LogP) is 4.08. The molecule has 2 amide bonds. The lowest BCUT2D eigenvalue weighted by molar-refractivity contribution is -0.124. The third-order valence-electron chi connectivity index (χ3n) is 6.29. The Bertz CT molecular complexity index is 1230. The summed E-state index contributed by atoms with van der Waals surface area (Å²) in [5, 5.41) is 2.96. The highest BCUT2D eigenvalue weighted by molar-refractivity contribution is 6.02. The molecule has 1 aliphatic rings. The first kappa shape index (κ1) is 24.1. The normalized spacial score (nSPS) is 16.9. The van der Waals surface area contributed by atoms with Gasteiger partial charge < -0.3 is 24.4 Å². The Labute approximate surface area is 203 Å². The topological polar surface area (TPSA) is 77.1 Å². The Morgan fingerprint density at radius 3 is 2.17 bits per heavy atom. The molecule has 0 aliphatic carbocycles. The van der Waals surface area contributed by atoms with Gasteiger partial charge in [0.15, 0.2) is 11.5 Å². The number of methoxy groups -OCH3 is 3.